The normalized spacial score (nSPS) is 20.6. The van der Waals surface area contributed by atoms with E-state index in [1.165, 1.54) is 18.3 Å². The number of hydrogen-bond acceptors (Lipinski definition) is 10. The Morgan fingerprint density at radius 3 is 2.61 bits per heavy atom. The summed E-state index contributed by atoms with van der Waals surface area (Å²) in [5, 5.41) is 23.0. The smallest absolute Gasteiger partial charge is 0.272 e. The number of hydrogen-bond donors (Lipinski definition) is 2. The van der Waals surface area contributed by atoms with Crippen molar-refractivity contribution in [2.75, 3.05) is 30.3 Å². The maximum absolute atomic E-state index is 15.1. The quantitative estimate of drug-likeness (QED) is 0.327. The molecule has 232 valence electrons. The van der Waals surface area contributed by atoms with Crippen LogP contribution in [-0.4, -0.2) is 72.7 Å². The van der Waals surface area contributed by atoms with E-state index in [1.54, 1.807) is 4.68 Å². The number of nitrogens with zero attached hydrogens (tertiary/aromatic N) is 8. The van der Waals surface area contributed by atoms with E-state index in [1.807, 2.05) is 30.6 Å². The number of nitrogens with two attached hydrogens (primary N) is 1. The molecular formula is C29H32F3N9O3. The Balaban J connectivity index is 0.000000193. The molecule has 15 heteroatoms. The number of nitriles is 1. The Bertz CT molecular complexity index is 1700. The zero-order chi connectivity index (χ0) is 31.1. The molecule has 3 aromatic heterocycles. The van der Waals surface area contributed by atoms with Crippen LogP contribution < -0.4 is 15.4 Å². The molecule has 44 heavy (non-hydrogen) atoms. The van der Waals surface area contributed by atoms with Gasteiger partial charge >= 0.3 is 0 Å². The molecule has 12 nitrogen and oxygen atoms in total. The molecule has 0 amide bonds. The number of aliphatic hydroxyl groups excluding tert-OH is 1. The highest BCUT2D eigenvalue weighted by molar-refractivity contribution is 5.86. The Hall–Kier alpha value is -4.42. The number of aliphatic hydroxyl groups is 1. The van der Waals surface area contributed by atoms with Crippen LogP contribution in [0.15, 0.2) is 24.4 Å². The molecular weight excluding hydrogens is 579 g/mol. The minimum Gasteiger partial charge on any atom is -0.471 e. The van der Waals surface area contributed by atoms with Crippen molar-refractivity contribution in [1.82, 2.24) is 29.3 Å². The van der Waals surface area contributed by atoms with Gasteiger partial charge in [0.25, 0.3) is 6.43 Å². The van der Waals surface area contributed by atoms with Gasteiger partial charge in [-0.25, -0.2) is 28.1 Å². The SMILES string of the molecule is CC(C)n1c(N2CC3CC(C2)O3)nc2c(F)cc(-c3nc(N)ncc3C#N)cc21.OC1CCCn2nc(OCC(F)F)cc21. The number of alkyl halides is 2. The number of piperidine rings is 1. The minimum atomic E-state index is -2.51. The minimum absolute atomic E-state index is 0.0325. The van der Waals surface area contributed by atoms with Crippen molar-refractivity contribution in [3.05, 3.63) is 41.5 Å². The number of ether oxygens (including phenoxy) is 2. The number of imidazole rings is 1. The number of fused-ring (bicyclic) bond motifs is 4. The third-order valence-electron chi connectivity index (χ3n) is 7.82. The van der Waals surface area contributed by atoms with Gasteiger partial charge < -0.3 is 29.8 Å². The van der Waals surface area contributed by atoms with E-state index in [-0.39, 0.29) is 35.6 Å². The number of morpholine rings is 1. The lowest BCUT2D eigenvalue weighted by molar-refractivity contribution is -0.133. The lowest BCUT2D eigenvalue weighted by Gasteiger charge is -2.47. The fraction of sp³-hybridized carbons (Fsp3) is 0.483. The van der Waals surface area contributed by atoms with E-state index in [4.69, 9.17) is 15.2 Å². The van der Waals surface area contributed by atoms with Gasteiger partial charge in [-0.3, -0.25) is 4.68 Å². The second kappa shape index (κ2) is 11.9. The van der Waals surface area contributed by atoms with Gasteiger partial charge in [-0.2, -0.15) is 5.26 Å². The molecule has 8 rings (SSSR count). The maximum Gasteiger partial charge on any atom is 0.272 e. The van der Waals surface area contributed by atoms with Gasteiger partial charge in [0.1, 0.15) is 11.6 Å². The molecule has 3 unspecified atom stereocenters. The summed E-state index contributed by atoms with van der Waals surface area (Å²) in [4.78, 5) is 14.8. The van der Waals surface area contributed by atoms with Crippen LogP contribution in [0.2, 0.25) is 0 Å². The Kier molecular flexibility index (Phi) is 8.04. The summed E-state index contributed by atoms with van der Waals surface area (Å²) >= 11 is 0. The van der Waals surface area contributed by atoms with E-state index in [2.05, 4.69) is 25.0 Å². The highest BCUT2D eigenvalue weighted by Gasteiger charge is 2.40. The highest BCUT2D eigenvalue weighted by Crippen LogP contribution is 2.36. The Morgan fingerprint density at radius 1 is 1.20 bits per heavy atom. The predicted molar refractivity (Wildman–Crippen MR) is 154 cm³/mol. The number of nitrogen functional groups attached to an aromatic ring is 1. The maximum atomic E-state index is 15.1. The monoisotopic (exact) mass is 611 g/mol. The third kappa shape index (κ3) is 5.74. The third-order valence-corrected chi connectivity index (χ3v) is 7.82. The predicted octanol–water partition coefficient (Wildman–Crippen LogP) is 4.00. The van der Waals surface area contributed by atoms with Crippen molar-refractivity contribution in [2.45, 2.75) is 70.4 Å². The topological polar surface area (TPSA) is 153 Å². The first-order valence-electron chi connectivity index (χ1n) is 14.4. The molecule has 7 heterocycles. The molecule has 4 aliphatic heterocycles. The van der Waals surface area contributed by atoms with Crippen LogP contribution in [0.25, 0.3) is 22.3 Å². The number of rotatable bonds is 6. The lowest BCUT2D eigenvalue weighted by Crippen LogP contribution is -2.58. The molecule has 2 bridgehead atoms. The molecule has 0 aliphatic carbocycles. The summed E-state index contributed by atoms with van der Waals surface area (Å²) in [5.74, 6) is 0.473. The number of aromatic nitrogens is 6. The molecule has 0 spiro atoms. The van der Waals surface area contributed by atoms with Crippen molar-refractivity contribution in [1.29, 1.82) is 5.26 Å². The molecule has 3 saturated heterocycles. The van der Waals surface area contributed by atoms with E-state index in [0.29, 0.717) is 41.0 Å². The molecule has 3 atom stereocenters. The van der Waals surface area contributed by atoms with Crippen LogP contribution in [-0.2, 0) is 11.3 Å². The molecule has 3 N–H and O–H groups in total. The standard InChI is InChI=1S/C20H20FN7O.C9H12F2N2O2/c1-10(2)28-16-4-11(17-12(6-22)7-24-19(23)25-17)3-15(21)18(16)26-20(28)27-8-13-5-14(9-27)29-13;10-8(11)5-15-9-4-6-7(14)2-1-3-13(6)12-9/h3-4,7,10,13-14H,5,8-9H2,1-2H3,(H2,23,24,25);4,7-8,14H,1-3,5H2. The summed E-state index contributed by atoms with van der Waals surface area (Å²) in [6, 6.07) is 6.80. The summed E-state index contributed by atoms with van der Waals surface area (Å²) in [5.41, 5.74) is 8.33. The van der Waals surface area contributed by atoms with Crippen LogP contribution in [0.1, 0.15) is 56.5 Å². The number of anilines is 2. The summed E-state index contributed by atoms with van der Waals surface area (Å²) in [7, 11) is 0. The first-order chi connectivity index (χ1) is 21.1. The van der Waals surface area contributed by atoms with E-state index in [0.717, 1.165) is 31.9 Å². The van der Waals surface area contributed by atoms with E-state index >= 15 is 4.39 Å². The van der Waals surface area contributed by atoms with Crippen molar-refractivity contribution in [3.8, 4) is 23.2 Å². The van der Waals surface area contributed by atoms with Gasteiger partial charge in [-0.15, -0.1) is 5.10 Å². The fourth-order valence-electron chi connectivity index (χ4n) is 5.88. The van der Waals surface area contributed by atoms with Crippen molar-refractivity contribution in [2.24, 2.45) is 0 Å². The number of halogens is 3. The van der Waals surface area contributed by atoms with Crippen LogP contribution in [0.4, 0.5) is 25.1 Å². The number of benzene rings is 1. The summed E-state index contributed by atoms with van der Waals surface area (Å²) in [6.45, 7) is 5.63. The van der Waals surface area contributed by atoms with E-state index in [9.17, 15) is 19.1 Å². The number of aryl methyl sites for hydroxylation is 1. The summed E-state index contributed by atoms with van der Waals surface area (Å²) < 4.78 is 53.0. The fourth-order valence-corrected chi connectivity index (χ4v) is 5.88. The largest absolute Gasteiger partial charge is 0.471 e. The zero-order valence-corrected chi connectivity index (χ0v) is 24.2. The molecule has 1 aromatic carbocycles. The van der Waals surface area contributed by atoms with Crippen molar-refractivity contribution in [3.63, 3.8) is 0 Å². The second-order valence-electron chi connectivity index (χ2n) is 11.3. The molecule has 4 aromatic rings. The lowest BCUT2D eigenvalue weighted by atomic mass is 9.99. The zero-order valence-electron chi connectivity index (χ0n) is 24.2. The van der Waals surface area contributed by atoms with Gasteiger partial charge in [0.2, 0.25) is 17.8 Å². The molecule has 3 fully saturated rings. The van der Waals surface area contributed by atoms with Crippen LogP contribution in [0, 0.1) is 17.1 Å². The van der Waals surface area contributed by atoms with Crippen LogP contribution in [0.3, 0.4) is 0 Å². The molecule has 0 radical (unpaired) electrons. The summed E-state index contributed by atoms with van der Waals surface area (Å²) in [6.07, 6.45) is 1.32. The highest BCUT2D eigenvalue weighted by atomic mass is 19.3. The van der Waals surface area contributed by atoms with Gasteiger partial charge in [-0.1, -0.05) is 0 Å². The first-order valence-corrected chi connectivity index (χ1v) is 14.4. The van der Waals surface area contributed by atoms with Gasteiger partial charge in [0.15, 0.2) is 12.4 Å². The first kappa shape index (κ1) is 29.6. The van der Waals surface area contributed by atoms with Gasteiger partial charge in [0, 0.05) is 43.7 Å². The van der Waals surface area contributed by atoms with Crippen LogP contribution in [0.5, 0.6) is 5.88 Å². The van der Waals surface area contributed by atoms with Crippen molar-refractivity contribution < 1.29 is 27.8 Å². The van der Waals surface area contributed by atoms with Crippen molar-refractivity contribution >= 4 is 22.9 Å². The van der Waals surface area contributed by atoms with Gasteiger partial charge in [0.05, 0.1) is 47.0 Å². The van der Waals surface area contributed by atoms with Gasteiger partial charge in [-0.05, 0) is 38.8 Å². The van der Waals surface area contributed by atoms with Crippen LogP contribution >= 0.6 is 0 Å². The molecule has 4 aliphatic rings. The molecule has 0 saturated carbocycles. The average molecular weight is 612 g/mol. The Morgan fingerprint density at radius 2 is 1.95 bits per heavy atom. The second-order valence-corrected chi connectivity index (χ2v) is 11.3. The van der Waals surface area contributed by atoms with E-state index < -0.39 is 25.0 Å². The average Bonchev–Trinajstić information content (AvgIpc) is 3.59. The Labute approximate surface area is 250 Å².